The van der Waals surface area contributed by atoms with E-state index in [1.54, 1.807) is 41.3 Å². The smallest absolute Gasteiger partial charge is 0.264 e. The van der Waals surface area contributed by atoms with Crippen molar-refractivity contribution in [2.75, 3.05) is 41.9 Å². The van der Waals surface area contributed by atoms with Crippen molar-refractivity contribution in [3.63, 3.8) is 0 Å². The molecule has 0 N–H and O–H groups in total. The van der Waals surface area contributed by atoms with Crippen molar-refractivity contribution in [1.29, 1.82) is 0 Å². The molecule has 4 rings (SSSR count). The van der Waals surface area contributed by atoms with Gasteiger partial charge in [0, 0.05) is 31.9 Å². The monoisotopic (exact) mass is 463 g/mol. The first-order valence-electron chi connectivity index (χ1n) is 11.1. The van der Waals surface area contributed by atoms with Crippen molar-refractivity contribution in [1.82, 2.24) is 4.90 Å². The summed E-state index contributed by atoms with van der Waals surface area (Å²) in [4.78, 5) is 17.4. The zero-order valence-corrected chi connectivity index (χ0v) is 19.8. The summed E-state index contributed by atoms with van der Waals surface area (Å²) in [6, 6.07) is 24.1. The van der Waals surface area contributed by atoms with Crippen LogP contribution in [0.15, 0.2) is 83.8 Å². The summed E-state index contributed by atoms with van der Waals surface area (Å²) in [5, 5.41) is 0. The van der Waals surface area contributed by atoms with Crippen molar-refractivity contribution in [2.24, 2.45) is 0 Å². The first-order valence-corrected chi connectivity index (χ1v) is 12.5. The molecule has 1 aliphatic rings. The van der Waals surface area contributed by atoms with Gasteiger partial charge in [-0.25, -0.2) is 8.42 Å². The molecule has 33 heavy (non-hydrogen) atoms. The number of carbonyl (C=O) groups is 1. The number of rotatable bonds is 6. The number of carbonyl (C=O) groups excluding carboxylic acids is 1. The third-order valence-electron chi connectivity index (χ3n) is 5.93. The Labute approximate surface area is 196 Å². The van der Waals surface area contributed by atoms with Gasteiger partial charge in [-0.15, -0.1) is 0 Å². The molecule has 0 aromatic heterocycles. The standard InChI is InChI=1S/C26H29N3O3S/c1-21-11-13-25(14-12-21)33(31,32)29(24-10-6-7-22(2)19-24)20-26(30)28-17-15-27(16-18-28)23-8-4-3-5-9-23/h3-14,19H,15-18,20H2,1-2H3. The number of nitrogens with zero attached hydrogens (tertiary/aromatic N) is 3. The minimum Gasteiger partial charge on any atom is -0.368 e. The molecular weight excluding hydrogens is 434 g/mol. The highest BCUT2D eigenvalue weighted by Crippen LogP contribution is 2.25. The maximum atomic E-state index is 13.6. The van der Waals surface area contributed by atoms with Crippen molar-refractivity contribution >= 4 is 27.3 Å². The lowest BCUT2D eigenvalue weighted by Crippen LogP contribution is -2.52. The largest absolute Gasteiger partial charge is 0.368 e. The third kappa shape index (κ3) is 5.20. The molecule has 1 amide bonds. The Balaban J connectivity index is 1.54. The van der Waals surface area contributed by atoms with Crippen LogP contribution >= 0.6 is 0 Å². The summed E-state index contributed by atoms with van der Waals surface area (Å²) < 4.78 is 28.3. The zero-order chi connectivity index (χ0) is 23.4. The van der Waals surface area contributed by atoms with Crippen LogP contribution in [0.5, 0.6) is 0 Å². The van der Waals surface area contributed by atoms with Crippen molar-refractivity contribution in [3.8, 4) is 0 Å². The van der Waals surface area contributed by atoms with E-state index < -0.39 is 10.0 Å². The molecule has 0 spiro atoms. The van der Waals surface area contributed by atoms with E-state index in [0.29, 0.717) is 31.9 Å². The van der Waals surface area contributed by atoms with Crippen molar-refractivity contribution in [3.05, 3.63) is 90.0 Å². The SMILES string of the molecule is Cc1ccc(S(=O)(=O)N(CC(=O)N2CCN(c3ccccc3)CC2)c2cccc(C)c2)cc1. The van der Waals surface area contributed by atoms with E-state index in [1.165, 1.54) is 4.31 Å². The van der Waals surface area contributed by atoms with E-state index in [4.69, 9.17) is 0 Å². The van der Waals surface area contributed by atoms with Crippen LogP contribution in [-0.2, 0) is 14.8 Å². The summed E-state index contributed by atoms with van der Waals surface area (Å²) in [5.41, 5.74) is 3.53. The summed E-state index contributed by atoms with van der Waals surface area (Å²) in [5.74, 6) is -0.195. The molecule has 1 heterocycles. The van der Waals surface area contributed by atoms with Crippen LogP contribution < -0.4 is 9.21 Å². The van der Waals surface area contributed by atoms with Gasteiger partial charge < -0.3 is 9.80 Å². The topological polar surface area (TPSA) is 60.9 Å². The molecule has 0 aliphatic carbocycles. The second-order valence-corrected chi connectivity index (χ2v) is 10.2. The predicted octanol–water partition coefficient (Wildman–Crippen LogP) is 3.85. The first-order chi connectivity index (χ1) is 15.8. The number of benzene rings is 3. The second kappa shape index (κ2) is 9.67. The highest BCUT2D eigenvalue weighted by atomic mass is 32.2. The molecule has 7 heteroatoms. The Morgan fingerprint density at radius 2 is 1.48 bits per heavy atom. The van der Waals surface area contributed by atoms with Gasteiger partial charge in [0.05, 0.1) is 10.6 Å². The first kappa shape index (κ1) is 22.9. The van der Waals surface area contributed by atoms with Gasteiger partial charge in [-0.2, -0.15) is 0 Å². The third-order valence-corrected chi connectivity index (χ3v) is 7.72. The number of anilines is 2. The molecule has 1 saturated heterocycles. The van der Waals surface area contributed by atoms with Gasteiger partial charge >= 0.3 is 0 Å². The van der Waals surface area contributed by atoms with Crippen LogP contribution in [0.25, 0.3) is 0 Å². The summed E-state index contributed by atoms with van der Waals surface area (Å²) in [6.07, 6.45) is 0. The lowest BCUT2D eigenvalue weighted by atomic mass is 10.2. The Morgan fingerprint density at radius 3 is 2.12 bits per heavy atom. The van der Waals surface area contributed by atoms with Gasteiger partial charge in [0.15, 0.2) is 0 Å². The molecule has 0 atom stereocenters. The fraction of sp³-hybridized carbons (Fsp3) is 0.269. The number of aryl methyl sites for hydroxylation is 2. The van der Waals surface area contributed by atoms with Crippen molar-refractivity contribution < 1.29 is 13.2 Å². The van der Waals surface area contributed by atoms with Crippen molar-refractivity contribution in [2.45, 2.75) is 18.7 Å². The Bertz CT molecular complexity index is 1200. The van der Waals surface area contributed by atoms with E-state index in [2.05, 4.69) is 17.0 Å². The minimum atomic E-state index is -3.90. The minimum absolute atomic E-state index is 0.177. The van der Waals surface area contributed by atoms with E-state index in [0.717, 1.165) is 16.8 Å². The number of para-hydroxylation sites is 1. The van der Waals surface area contributed by atoms with E-state index in [-0.39, 0.29) is 17.3 Å². The van der Waals surface area contributed by atoms with Gasteiger partial charge in [-0.05, 0) is 55.8 Å². The molecule has 3 aromatic rings. The molecule has 1 fully saturated rings. The molecule has 3 aromatic carbocycles. The van der Waals surface area contributed by atoms with Crippen LogP contribution in [0.3, 0.4) is 0 Å². The normalized spacial score (nSPS) is 14.2. The Kier molecular flexibility index (Phi) is 6.70. The number of hydrogen-bond donors (Lipinski definition) is 0. The highest BCUT2D eigenvalue weighted by molar-refractivity contribution is 7.92. The average molecular weight is 464 g/mol. The molecule has 1 aliphatic heterocycles. The fourth-order valence-electron chi connectivity index (χ4n) is 4.01. The molecule has 0 bridgehead atoms. The highest BCUT2D eigenvalue weighted by Gasteiger charge is 2.30. The van der Waals surface area contributed by atoms with Gasteiger partial charge in [-0.3, -0.25) is 9.10 Å². The van der Waals surface area contributed by atoms with Crippen LogP contribution in [0.2, 0.25) is 0 Å². The Morgan fingerprint density at radius 1 is 0.818 bits per heavy atom. The summed E-state index contributed by atoms with van der Waals surface area (Å²) >= 11 is 0. The van der Waals surface area contributed by atoms with E-state index in [9.17, 15) is 13.2 Å². The number of hydrogen-bond acceptors (Lipinski definition) is 4. The zero-order valence-electron chi connectivity index (χ0n) is 19.0. The fourth-order valence-corrected chi connectivity index (χ4v) is 5.42. The second-order valence-electron chi connectivity index (χ2n) is 8.37. The lowest BCUT2D eigenvalue weighted by Gasteiger charge is -2.37. The quantitative estimate of drug-likeness (QED) is 0.557. The van der Waals surface area contributed by atoms with Crippen LogP contribution in [0.4, 0.5) is 11.4 Å². The predicted molar refractivity (Wildman–Crippen MR) is 132 cm³/mol. The van der Waals surface area contributed by atoms with Crippen LogP contribution in [0, 0.1) is 13.8 Å². The van der Waals surface area contributed by atoms with E-state index in [1.807, 2.05) is 44.2 Å². The maximum absolute atomic E-state index is 13.6. The van der Waals surface area contributed by atoms with Crippen LogP contribution in [-0.4, -0.2) is 51.9 Å². The molecule has 0 radical (unpaired) electrons. The Hall–Kier alpha value is -3.32. The lowest BCUT2D eigenvalue weighted by molar-refractivity contribution is -0.129. The summed E-state index contributed by atoms with van der Waals surface area (Å²) in [7, 11) is -3.90. The summed E-state index contributed by atoms with van der Waals surface area (Å²) in [6.45, 7) is 6.12. The number of sulfonamides is 1. The molecule has 0 saturated carbocycles. The van der Waals surface area contributed by atoms with E-state index >= 15 is 0 Å². The van der Waals surface area contributed by atoms with Gasteiger partial charge in [0.2, 0.25) is 5.91 Å². The molecular formula is C26H29N3O3S. The number of amides is 1. The maximum Gasteiger partial charge on any atom is 0.264 e. The van der Waals surface area contributed by atoms with Gasteiger partial charge in [0.25, 0.3) is 10.0 Å². The average Bonchev–Trinajstić information content (AvgIpc) is 2.83. The number of piperazine rings is 1. The van der Waals surface area contributed by atoms with Gasteiger partial charge in [-0.1, -0.05) is 48.0 Å². The molecule has 0 unspecified atom stereocenters. The van der Waals surface area contributed by atoms with Gasteiger partial charge in [0.1, 0.15) is 6.54 Å². The molecule has 6 nitrogen and oxygen atoms in total. The molecule has 172 valence electrons. The van der Waals surface area contributed by atoms with Crippen LogP contribution in [0.1, 0.15) is 11.1 Å².